The molecule has 4 rings (SSSR count). The Morgan fingerprint density at radius 1 is 1.09 bits per heavy atom. The Morgan fingerprint density at radius 3 is 2.44 bits per heavy atom. The molecule has 0 spiro atoms. The van der Waals surface area contributed by atoms with Crippen molar-refractivity contribution in [3.8, 4) is 23.3 Å². The van der Waals surface area contributed by atoms with Crippen molar-refractivity contribution in [3.05, 3.63) is 41.5 Å². The van der Waals surface area contributed by atoms with Gasteiger partial charge in [0.2, 0.25) is 16.8 Å². The molecule has 2 aromatic carbocycles. The smallest absolute Gasteiger partial charge is 0.255 e. The molecule has 2 aliphatic rings. The number of hydrogen-bond acceptors (Lipinski definition) is 7. The van der Waals surface area contributed by atoms with Gasteiger partial charge in [-0.1, -0.05) is 12.8 Å². The van der Waals surface area contributed by atoms with Crippen LogP contribution < -0.4 is 19.5 Å². The second-order valence-corrected chi connectivity index (χ2v) is 9.41. The first-order chi connectivity index (χ1) is 15.4. The van der Waals surface area contributed by atoms with E-state index in [1.807, 2.05) is 6.07 Å². The van der Waals surface area contributed by atoms with E-state index in [-0.39, 0.29) is 34.3 Å². The number of fused-ring (bicyclic) bond motifs is 1. The van der Waals surface area contributed by atoms with Crippen LogP contribution in [-0.2, 0) is 10.0 Å². The van der Waals surface area contributed by atoms with Crippen LogP contribution in [0.15, 0.2) is 35.2 Å². The Kier molecular flexibility index (Phi) is 6.21. The van der Waals surface area contributed by atoms with Gasteiger partial charge in [-0.05, 0) is 31.0 Å². The third-order valence-corrected chi connectivity index (χ3v) is 7.41. The maximum atomic E-state index is 13.3. The van der Waals surface area contributed by atoms with Crippen LogP contribution >= 0.6 is 0 Å². The summed E-state index contributed by atoms with van der Waals surface area (Å²) in [6.45, 7) is 0.906. The lowest BCUT2D eigenvalue weighted by Crippen LogP contribution is -2.32. The van der Waals surface area contributed by atoms with Crippen LogP contribution in [-0.4, -0.2) is 45.6 Å². The highest BCUT2D eigenvalue weighted by molar-refractivity contribution is 7.89. The van der Waals surface area contributed by atoms with Gasteiger partial charge in [0.05, 0.1) is 18.4 Å². The SMILES string of the molecule is COc1ccc(C(=O)Nc2cc3c(cc2C#N)OCO3)cc1S(=O)(=O)N1CCCCCC1. The van der Waals surface area contributed by atoms with Gasteiger partial charge in [-0.15, -0.1) is 0 Å². The Morgan fingerprint density at radius 2 is 1.78 bits per heavy atom. The number of benzene rings is 2. The summed E-state index contributed by atoms with van der Waals surface area (Å²) in [6, 6.07) is 9.27. The summed E-state index contributed by atoms with van der Waals surface area (Å²) in [5.41, 5.74) is 0.573. The van der Waals surface area contributed by atoms with Gasteiger partial charge >= 0.3 is 0 Å². The standard InChI is InChI=1S/C22H23N3O6S/c1-29-18-7-6-15(11-21(18)32(27,28)25-8-4-2-3-5-9-25)22(26)24-17-12-20-19(30-14-31-20)10-16(17)13-23/h6-7,10-12H,2-5,8-9,14H2,1H3,(H,24,26). The average molecular weight is 458 g/mol. The third kappa shape index (κ3) is 4.22. The lowest BCUT2D eigenvalue weighted by atomic mass is 10.1. The fourth-order valence-electron chi connectivity index (χ4n) is 3.77. The molecule has 0 aromatic heterocycles. The third-order valence-electron chi connectivity index (χ3n) is 5.49. The Balaban J connectivity index is 1.65. The summed E-state index contributed by atoms with van der Waals surface area (Å²) < 4.78 is 43.9. The second kappa shape index (κ2) is 9.06. The number of hydrogen-bond donors (Lipinski definition) is 1. The van der Waals surface area contributed by atoms with Crippen molar-refractivity contribution < 1.29 is 27.4 Å². The van der Waals surface area contributed by atoms with Gasteiger partial charge < -0.3 is 19.5 Å². The zero-order valence-electron chi connectivity index (χ0n) is 17.6. The number of sulfonamides is 1. The summed E-state index contributed by atoms with van der Waals surface area (Å²) in [6.07, 6.45) is 3.57. The van der Waals surface area contributed by atoms with Crippen molar-refractivity contribution >= 4 is 21.6 Å². The fourth-order valence-corrected chi connectivity index (χ4v) is 5.47. The molecule has 0 radical (unpaired) electrons. The molecule has 1 saturated heterocycles. The predicted octanol–water partition coefficient (Wildman–Crippen LogP) is 3.11. The molecule has 10 heteroatoms. The number of ether oxygens (including phenoxy) is 3. The molecule has 1 amide bonds. The van der Waals surface area contributed by atoms with Crippen LogP contribution in [0.2, 0.25) is 0 Å². The van der Waals surface area contributed by atoms with Crippen molar-refractivity contribution in [3.63, 3.8) is 0 Å². The topological polar surface area (TPSA) is 118 Å². The number of rotatable bonds is 5. The van der Waals surface area contributed by atoms with Crippen LogP contribution in [0.5, 0.6) is 17.2 Å². The van der Waals surface area contributed by atoms with E-state index in [1.54, 1.807) is 0 Å². The number of anilines is 1. The minimum absolute atomic E-state index is 0.0355. The molecule has 0 saturated carbocycles. The van der Waals surface area contributed by atoms with E-state index in [0.29, 0.717) is 24.6 Å². The highest BCUT2D eigenvalue weighted by Gasteiger charge is 2.29. The summed E-state index contributed by atoms with van der Waals surface area (Å²) in [7, 11) is -2.45. The molecule has 0 unspecified atom stereocenters. The van der Waals surface area contributed by atoms with Gasteiger partial charge in [-0.3, -0.25) is 4.79 Å². The van der Waals surface area contributed by atoms with Crippen molar-refractivity contribution in [2.24, 2.45) is 0 Å². The second-order valence-electron chi connectivity index (χ2n) is 7.50. The molecule has 1 N–H and O–H groups in total. The minimum atomic E-state index is -3.84. The van der Waals surface area contributed by atoms with Gasteiger partial charge in [0.1, 0.15) is 16.7 Å². The maximum Gasteiger partial charge on any atom is 0.255 e. The van der Waals surface area contributed by atoms with E-state index >= 15 is 0 Å². The molecule has 2 aliphatic heterocycles. The van der Waals surface area contributed by atoms with E-state index in [1.165, 1.54) is 41.7 Å². The zero-order chi connectivity index (χ0) is 22.7. The minimum Gasteiger partial charge on any atom is -0.495 e. The molecule has 32 heavy (non-hydrogen) atoms. The summed E-state index contributed by atoms with van der Waals surface area (Å²) in [5, 5.41) is 12.1. The molecule has 0 atom stereocenters. The van der Waals surface area contributed by atoms with Gasteiger partial charge in [0.25, 0.3) is 5.91 Å². The lowest BCUT2D eigenvalue weighted by molar-refractivity contribution is 0.102. The largest absolute Gasteiger partial charge is 0.495 e. The van der Waals surface area contributed by atoms with E-state index in [2.05, 4.69) is 5.32 Å². The number of methoxy groups -OCH3 is 1. The fraction of sp³-hybridized carbons (Fsp3) is 0.364. The van der Waals surface area contributed by atoms with Crippen LogP contribution in [0.1, 0.15) is 41.6 Å². The van der Waals surface area contributed by atoms with E-state index < -0.39 is 15.9 Å². The number of nitrogens with zero attached hydrogens (tertiary/aromatic N) is 2. The molecular formula is C22H23N3O6S. The van der Waals surface area contributed by atoms with E-state index in [4.69, 9.17) is 14.2 Å². The highest BCUT2D eigenvalue weighted by atomic mass is 32.2. The average Bonchev–Trinajstić information content (AvgIpc) is 3.07. The molecule has 0 bridgehead atoms. The first-order valence-corrected chi connectivity index (χ1v) is 11.7. The normalized spacial score (nSPS) is 16.1. The molecule has 2 heterocycles. The molecule has 0 aliphatic carbocycles. The monoisotopic (exact) mass is 457 g/mol. The summed E-state index contributed by atoms with van der Waals surface area (Å²) >= 11 is 0. The summed E-state index contributed by atoms with van der Waals surface area (Å²) in [4.78, 5) is 12.9. The van der Waals surface area contributed by atoms with E-state index in [0.717, 1.165) is 25.7 Å². The van der Waals surface area contributed by atoms with Crippen LogP contribution in [0.3, 0.4) is 0 Å². The summed E-state index contributed by atoms with van der Waals surface area (Å²) in [5.74, 6) is 0.454. The van der Waals surface area contributed by atoms with Crippen molar-refractivity contribution in [2.45, 2.75) is 30.6 Å². The molecular weight excluding hydrogens is 434 g/mol. The van der Waals surface area contributed by atoms with Gasteiger partial charge in [-0.25, -0.2) is 8.42 Å². The lowest BCUT2D eigenvalue weighted by Gasteiger charge is -2.21. The first-order valence-electron chi connectivity index (χ1n) is 10.3. The van der Waals surface area contributed by atoms with Crippen molar-refractivity contribution in [2.75, 3.05) is 32.3 Å². The van der Waals surface area contributed by atoms with Crippen molar-refractivity contribution in [1.29, 1.82) is 5.26 Å². The molecule has 9 nitrogen and oxygen atoms in total. The quantitative estimate of drug-likeness (QED) is 0.733. The number of carbonyl (C=O) groups excluding carboxylic acids is 1. The maximum absolute atomic E-state index is 13.3. The number of nitriles is 1. The number of nitrogens with one attached hydrogen (secondary N) is 1. The first kappa shape index (κ1) is 21.9. The van der Waals surface area contributed by atoms with Crippen LogP contribution in [0.4, 0.5) is 5.69 Å². The van der Waals surface area contributed by atoms with Crippen molar-refractivity contribution in [1.82, 2.24) is 4.31 Å². The Labute approximate surface area is 186 Å². The van der Waals surface area contributed by atoms with Gasteiger partial charge in [-0.2, -0.15) is 9.57 Å². The molecule has 1 fully saturated rings. The number of amides is 1. The van der Waals surface area contributed by atoms with E-state index in [9.17, 15) is 18.5 Å². The van der Waals surface area contributed by atoms with Gasteiger partial charge in [0, 0.05) is 30.8 Å². The van der Waals surface area contributed by atoms with Crippen LogP contribution in [0, 0.1) is 11.3 Å². The zero-order valence-corrected chi connectivity index (χ0v) is 18.4. The molecule has 168 valence electrons. The predicted molar refractivity (Wildman–Crippen MR) is 115 cm³/mol. The Hall–Kier alpha value is -3.29. The molecule has 2 aromatic rings. The highest BCUT2D eigenvalue weighted by Crippen LogP contribution is 2.37. The van der Waals surface area contributed by atoms with Gasteiger partial charge in [0.15, 0.2) is 11.5 Å². The Bertz CT molecular complexity index is 1180. The van der Waals surface area contributed by atoms with Crippen LogP contribution in [0.25, 0.3) is 0 Å². The number of carbonyl (C=O) groups is 1.